The number of rotatable bonds is 6. The minimum Gasteiger partial charge on any atom is -0.352 e. The Bertz CT molecular complexity index is 555. The highest BCUT2D eigenvalue weighted by molar-refractivity contribution is 5.59. The van der Waals surface area contributed by atoms with E-state index in [0.29, 0.717) is 11.8 Å². The molecular formula is C14H20N6. The number of hydrogen-bond acceptors (Lipinski definition) is 6. The van der Waals surface area contributed by atoms with Gasteiger partial charge in [-0.3, -0.25) is 0 Å². The molecule has 106 valence electrons. The quantitative estimate of drug-likeness (QED) is 0.837. The highest BCUT2D eigenvalue weighted by Crippen LogP contribution is 2.18. The van der Waals surface area contributed by atoms with Crippen LogP contribution < -0.4 is 10.6 Å². The van der Waals surface area contributed by atoms with E-state index < -0.39 is 0 Å². The summed E-state index contributed by atoms with van der Waals surface area (Å²) in [5.41, 5.74) is 2.18. The Morgan fingerprint density at radius 3 is 2.75 bits per heavy atom. The van der Waals surface area contributed by atoms with Gasteiger partial charge in [0.1, 0.15) is 0 Å². The predicted octanol–water partition coefficient (Wildman–Crippen LogP) is 1.90. The highest BCUT2D eigenvalue weighted by atomic mass is 15.3. The van der Waals surface area contributed by atoms with Crippen LogP contribution in [0, 0.1) is 6.92 Å². The zero-order valence-corrected chi connectivity index (χ0v) is 12.1. The molecule has 0 atom stereocenters. The van der Waals surface area contributed by atoms with E-state index in [-0.39, 0.29) is 0 Å². The van der Waals surface area contributed by atoms with Gasteiger partial charge in [0.2, 0.25) is 5.95 Å². The molecule has 2 N–H and O–H groups in total. The van der Waals surface area contributed by atoms with Crippen molar-refractivity contribution in [2.24, 2.45) is 0 Å². The third-order valence-corrected chi connectivity index (χ3v) is 2.81. The molecule has 0 unspecified atom stereocenters. The summed E-state index contributed by atoms with van der Waals surface area (Å²) in [6.45, 7) is 3.74. The Morgan fingerprint density at radius 2 is 2.00 bits per heavy atom. The third kappa shape index (κ3) is 4.17. The summed E-state index contributed by atoms with van der Waals surface area (Å²) in [5.74, 6) is 1.21. The van der Waals surface area contributed by atoms with Gasteiger partial charge in [-0.15, -0.1) is 5.10 Å². The van der Waals surface area contributed by atoms with Gasteiger partial charge in [0.15, 0.2) is 5.82 Å². The van der Waals surface area contributed by atoms with Gasteiger partial charge in [0.25, 0.3) is 0 Å². The maximum atomic E-state index is 4.39. The van der Waals surface area contributed by atoms with Crippen molar-refractivity contribution >= 4 is 17.5 Å². The second-order valence-corrected chi connectivity index (χ2v) is 4.84. The zero-order valence-electron chi connectivity index (χ0n) is 12.1. The molecule has 2 rings (SSSR count). The van der Waals surface area contributed by atoms with Crippen LogP contribution in [0.2, 0.25) is 0 Å². The second-order valence-electron chi connectivity index (χ2n) is 4.84. The summed E-state index contributed by atoms with van der Waals surface area (Å²) in [7, 11) is 4.05. The first-order chi connectivity index (χ1) is 9.65. The molecule has 0 spiro atoms. The number of aromatic nitrogens is 3. The first kappa shape index (κ1) is 14.2. The van der Waals surface area contributed by atoms with Gasteiger partial charge in [0, 0.05) is 18.8 Å². The first-order valence-corrected chi connectivity index (χ1v) is 6.56. The van der Waals surface area contributed by atoms with Crippen molar-refractivity contribution < 1.29 is 0 Å². The Labute approximate surface area is 119 Å². The van der Waals surface area contributed by atoms with Crippen molar-refractivity contribution in [3.8, 4) is 0 Å². The largest absolute Gasteiger partial charge is 0.352 e. The van der Waals surface area contributed by atoms with Crippen LogP contribution in [0.1, 0.15) is 5.56 Å². The predicted molar refractivity (Wildman–Crippen MR) is 81.3 cm³/mol. The van der Waals surface area contributed by atoms with Gasteiger partial charge in [0.05, 0.1) is 6.20 Å². The monoisotopic (exact) mass is 272 g/mol. The van der Waals surface area contributed by atoms with Gasteiger partial charge in [-0.05, 0) is 32.6 Å². The molecule has 0 aliphatic carbocycles. The molecule has 0 fully saturated rings. The first-order valence-electron chi connectivity index (χ1n) is 6.56. The fourth-order valence-corrected chi connectivity index (χ4v) is 1.68. The number of likely N-dealkylation sites (N-methyl/N-ethyl adjacent to an activating group) is 1. The van der Waals surface area contributed by atoms with E-state index in [1.807, 2.05) is 45.3 Å². The topological polar surface area (TPSA) is 66.0 Å². The minimum atomic E-state index is 0.533. The SMILES string of the molecule is Cc1ccccc1Nc1cnnc(NCCN(C)C)n1. The molecule has 0 radical (unpaired) electrons. The Hall–Kier alpha value is -2.21. The molecule has 0 saturated heterocycles. The molecule has 1 heterocycles. The van der Waals surface area contributed by atoms with Gasteiger partial charge in [-0.25, -0.2) is 0 Å². The second kappa shape index (κ2) is 6.81. The molecule has 1 aromatic heterocycles. The van der Waals surface area contributed by atoms with Crippen molar-refractivity contribution in [2.45, 2.75) is 6.92 Å². The van der Waals surface area contributed by atoms with Crippen LogP contribution in [0.15, 0.2) is 30.5 Å². The van der Waals surface area contributed by atoms with Gasteiger partial charge in [-0.2, -0.15) is 10.1 Å². The summed E-state index contributed by atoms with van der Waals surface area (Å²) in [4.78, 5) is 6.48. The van der Waals surface area contributed by atoms with E-state index in [0.717, 1.165) is 24.3 Å². The van der Waals surface area contributed by atoms with Gasteiger partial charge >= 0.3 is 0 Å². The average Bonchev–Trinajstić information content (AvgIpc) is 2.41. The lowest BCUT2D eigenvalue weighted by Gasteiger charge is -2.11. The Balaban J connectivity index is 2.01. The summed E-state index contributed by atoms with van der Waals surface area (Å²) in [6.07, 6.45) is 1.61. The van der Waals surface area contributed by atoms with Crippen LogP contribution in [0.25, 0.3) is 0 Å². The summed E-state index contributed by atoms with van der Waals surface area (Å²) in [5, 5.41) is 14.3. The van der Waals surface area contributed by atoms with E-state index in [4.69, 9.17) is 0 Å². The van der Waals surface area contributed by atoms with Crippen LogP contribution >= 0.6 is 0 Å². The molecule has 0 amide bonds. The number of benzene rings is 1. The highest BCUT2D eigenvalue weighted by Gasteiger charge is 2.02. The number of nitrogens with one attached hydrogen (secondary N) is 2. The summed E-state index contributed by atoms with van der Waals surface area (Å²) in [6, 6.07) is 8.05. The molecule has 2 aromatic rings. The van der Waals surface area contributed by atoms with Crippen molar-refractivity contribution in [3.63, 3.8) is 0 Å². The molecule has 20 heavy (non-hydrogen) atoms. The fourth-order valence-electron chi connectivity index (χ4n) is 1.68. The van der Waals surface area contributed by atoms with Crippen molar-refractivity contribution in [3.05, 3.63) is 36.0 Å². The lowest BCUT2D eigenvalue weighted by atomic mass is 10.2. The molecule has 0 aliphatic rings. The smallest absolute Gasteiger partial charge is 0.244 e. The molecule has 6 heteroatoms. The molecule has 0 bridgehead atoms. The number of nitrogens with zero attached hydrogens (tertiary/aromatic N) is 4. The molecule has 1 aromatic carbocycles. The van der Waals surface area contributed by atoms with Crippen molar-refractivity contribution in [1.29, 1.82) is 0 Å². The van der Waals surface area contributed by atoms with Crippen LogP contribution in [0.5, 0.6) is 0 Å². The third-order valence-electron chi connectivity index (χ3n) is 2.81. The number of hydrogen-bond donors (Lipinski definition) is 2. The van der Waals surface area contributed by atoms with E-state index in [9.17, 15) is 0 Å². The fraction of sp³-hybridized carbons (Fsp3) is 0.357. The Kier molecular flexibility index (Phi) is 4.84. The zero-order chi connectivity index (χ0) is 14.4. The number of anilines is 3. The lowest BCUT2D eigenvalue weighted by Crippen LogP contribution is -2.21. The molecule has 6 nitrogen and oxygen atoms in total. The summed E-state index contributed by atoms with van der Waals surface area (Å²) >= 11 is 0. The molecule has 0 saturated carbocycles. The van der Waals surface area contributed by atoms with E-state index >= 15 is 0 Å². The van der Waals surface area contributed by atoms with Crippen molar-refractivity contribution in [2.75, 3.05) is 37.8 Å². The Morgan fingerprint density at radius 1 is 1.20 bits per heavy atom. The molecule has 0 aliphatic heterocycles. The minimum absolute atomic E-state index is 0.533. The van der Waals surface area contributed by atoms with Gasteiger partial charge < -0.3 is 15.5 Å². The average molecular weight is 272 g/mol. The van der Waals surface area contributed by atoms with E-state index in [2.05, 4.69) is 30.7 Å². The van der Waals surface area contributed by atoms with Crippen molar-refractivity contribution in [1.82, 2.24) is 20.1 Å². The maximum Gasteiger partial charge on any atom is 0.244 e. The van der Waals surface area contributed by atoms with E-state index in [1.54, 1.807) is 6.20 Å². The number of aryl methyl sites for hydroxylation is 1. The standard InChI is InChI=1S/C14H20N6/c1-11-6-4-5-7-12(11)17-13-10-16-19-14(18-13)15-8-9-20(2)3/h4-7,10H,8-9H2,1-3H3,(H2,15,17,18,19). The van der Waals surface area contributed by atoms with Crippen LogP contribution in [0.4, 0.5) is 17.5 Å². The normalized spacial score (nSPS) is 10.6. The van der Waals surface area contributed by atoms with Crippen LogP contribution in [-0.2, 0) is 0 Å². The summed E-state index contributed by atoms with van der Waals surface area (Å²) < 4.78 is 0. The van der Waals surface area contributed by atoms with E-state index in [1.165, 1.54) is 0 Å². The van der Waals surface area contributed by atoms with Crippen LogP contribution in [0.3, 0.4) is 0 Å². The number of para-hydroxylation sites is 1. The maximum absolute atomic E-state index is 4.39. The lowest BCUT2D eigenvalue weighted by molar-refractivity contribution is 0.425. The molecular weight excluding hydrogens is 252 g/mol. The van der Waals surface area contributed by atoms with Crippen LogP contribution in [-0.4, -0.2) is 47.3 Å². The van der Waals surface area contributed by atoms with Gasteiger partial charge in [-0.1, -0.05) is 18.2 Å².